The van der Waals surface area contributed by atoms with Crippen LogP contribution < -0.4 is 4.74 Å². The molecule has 0 spiro atoms. The Morgan fingerprint density at radius 1 is 1.50 bits per heavy atom. The molecule has 0 saturated heterocycles. The lowest BCUT2D eigenvalue weighted by Crippen LogP contribution is -2.09. The highest BCUT2D eigenvalue weighted by molar-refractivity contribution is 5.51. The third-order valence-corrected chi connectivity index (χ3v) is 1.77. The van der Waals surface area contributed by atoms with E-state index in [0.717, 1.165) is 6.07 Å². The lowest BCUT2D eigenvalue weighted by molar-refractivity contribution is -0.386. The lowest BCUT2D eigenvalue weighted by Gasteiger charge is -2.07. The molecule has 0 saturated carbocycles. The fourth-order valence-corrected chi connectivity index (χ4v) is 1.05. The van der Waals surface area contributed by atoms with Gasteiger partial charge in [-0.2, -0.15) is 10.5 Å². The largest absolute Gasteiger partial charge is 0.469 e. The third kappa shape index (κ3) is 2.46. The maximum atomic E-state index is 10.7. The zero-order valence-electron chi connectivity index (χ0n) is 8.38. The van der Waals surface area contributed by atoms with E-state index in [1.54, 1.807) is 12.1 Å². The number of nitrogens with zero attached hydrogens (tertiary/aromatic N) is 3. The van der Waals surface area contributed by atoms with Crippen LogP contribution >= 0.6 is 0 Å². The van der Waals surface area contributed by atoms with Gasteiger partial charge in [-0.25, -0.2) is 0 Å². The van der Waals surface area contributed by atoms with Crippen LogP contribution in [0, 0.1) is 32.8 Å². The van der Waals surface area contributed by atoms with Crippen LogP contribution in [0.2, 0.25) is 0 Å². The zero-order chi connectivity index (χ0) is 12.1. The predicted octanol–water partition coefficient (Wildman–Crippen LogP) is 1.76. The third-order valence-electron chi connectivity index (χ3n) is 1.77. The van der Waals surface area contributed by atoms with Crippen molar-refractivity contribution in [3.63, 3.8) is 0 Å². The van der Waals surface area contributed by atoms with Crippen LogP contribution in [-0.4, -0.2) is 11.0 Å². The minimum atomic E-state index is -0.786. The number of hydrogen-bond donors (Lipinski definition) is 0. The second-order valence-corrected chi connectivity index (χ2v) is 2.94. The van der Waals surface area contributed by atoms with E-state index < -0.39 is 11.0 Å². The van der Waals surface area contributed by atoms with Crippen LogP contribution in [0.3, 0.4) is 0 Å². The van der Waals surface area contributed by atoms with Gasteiger partial charge in [0.15, 0.2) is 11.9 Å². The second-order valence-electron chi connectivity index (χ2n) is 2.94. The number of hydrogen-bond acceptors (Lipinski definition) is 5. The van der Waals surface area contributed by atoms with E-state index in [4.69, 9.17) is 15.3 Å². The molecule has 1 unspecified atom stereocenters. The molecule has 1 atom stereocenters. The fourth-order valence-electron chi connectivity index (χ4n) is 1.05. The second kappa shape index (κ2) is 4.76. The standard InChI is InChI=1S/C10H7N3O3/c1-7(5-11)16-10-3-2-8(6-12)4-9(10)13(14)15/h2-4,7H,1H3. The fraction of sp³-hybridized carbons (Fsp3) is 0.200. The Labute approximate surface area is 91.4 Å². The Balaban J connectivity index is 3.15. The van der Waals surface area contributed by atoms with Crippen molar-refractivity contribution in [1.29, 1.82) is 10.5 Å². The first-order valence-corrected chi connectivity index (χ1v) is 4.33. The van der Waals surface area contributed by atoms with Crippen LogP contribution in [0.25, 0.3) is 0 Å². The first kappa shape index (κ1) is 11.5. The van der Waals surface area contributed by atoms with Crippen LogP contribution in [0.1, 0.15) is 12.5 Å². The smallest absolute Gasteiger partial charge is 0.312 e. The summed E-state index contributed by atoms with van der Waals surface area (Å²) in [6.45, 7) is 1.47. The average molecular weight is 217 g/mol. The van der Waals surface area contributed by atoms with E-state index in [2.05, 4.69) is 0 Å². The van der Waals surface area contributed by atoms with Gasteiger partial charge in [-0.1, -0.05) is 0 Å². The van der Waals surface area contributed by atoms with Crippen molar-refractivity contribution < 1.29 is 9.66 Å². The van der Waals surface area contributed by atoms with Gasteiger partial charge in [-0.05, 0) is 19.1 Å². The molecule has 1 aromatic carbocycles. The van der Waals surface area contributed by atoms with Gasteiger partial charge >= 0.3 is 5.69 Å². The molecule has 0 aliphatic heterocycles. The monoisotopic (exact) mass is 217 g/mol. The van der Waals surface area contributed by atoms with Gasteiger partial charge in [0.1, 0.15) is 6.07 Å². The number of nitro groups is 1. The van der Waals surface area contributed by atoms with E-state index in [9.17, 15) is 10.1 Å². The van der Waals surface area contributed by atoms with E-state index in [1.807, 2.05) is 0 Å². The normalized spacial score (nSPS) is 10.9. The Morgan fingerprint density at radius 3 is 2.69 bits per heavy atom. The summed E-state index contributed by atoms with van der Waals surface area (Å²) < 4.78 is 5.04. The van der Waals surface area contributed by atoms with Crippen LogP contribution in [-0.2, 0) is 0 Å². The summed E-state index contributed by atoms with van der Waals surface area (Å²) in [5.41, 5.74) is -0.148. The first-order valence-electron chi connectivity index (χ1n) is 4.33. The summed E-state index contributed by atoms with van der Waals surface area (Å²) in [6, 6.07) is 7.41. The Hall–Kier alpha value is -2.60. The first-order chi connectivity index (χ1) is 7.58. The van der Waals surface area contributed by atoms with E-state index >= 15 is 0 Å². The Morgan fingerprint density at radius 2 is 2.19 bits per heavy atom. The molecule has 0 aliphatic carbocycles. The molecule has 80 valence electrons. The SMILES string of the molecule is CC(C#N)Oc1ccc(C#N)cc1[N+](=O)[O-]. The van der Waals surface area contributed by atoms with Gasteiger partial charge in [0.25, 0.3) is 0 Å². The number of ether oxygens (including phenoxy) is 1. The number of nitro benzene ring substituents is 1. The van der Waals surface area contributed by atoms with Gasteiger partial charge in [0, 0.05) is 6.07 Å². The number of nitriles is 2. The predicted molar refractivity (Wildman–Crippen MR) is 53.5 cm³/mol. The highest BCUT2D eigenvalue weighted by Gasteiger charge is 2.17. The molecular formula is C10H7N3O3. The highest BCUT2D eigenvalue weighted by atomic mass is 16.6. The Bertz CT molecular complexity index is 499. The van der Waals surface area contributed by atoms with Gasteiger partial charge in [-0.15, -0.1) is 0 Å². The van der Waals surface area contributed by atoms with Crippen molar-refractivity contribution >= 4 is 5.69 Å². The van der Waals surface area contributed by atoms with Crippen molar-refractivity contribution in [2.75, 3.05) is 0 Å². The number of benzene rings is 1. The molecule has 0 fully saturated rings. The lowest BCUT2D eigenvalue weighted by atomic mass is 10.2. The summed E-state index contributed by atoms with van der Waals surface area (Å²) in [5.74, 6) is -0.0157. The molecule has 0 aliphatic rings. The van der Waals surface area contributed by atoms with E-state index in [-0.39, 0.29) is 17.0 Å². The van der Waals surface area contributed by atoms with E-state index in [0.29, 0.717) is 0 Å². The molecule has 0 aromatic heterocycles. The van der Waals surface area contributed by atoms with Gasteiger partial charge in [0.2, 0.25) is 0 Å². The van der Waals surface area contributed by atoms with Crippen LogP contribution in [0.5, 0.6) is 5.75 Å². The minimum Gasteiger partial charge on any atom is -0.469 e. The topological polar surface area (TPSA) is 99.9 Å². The summed E-state index contributed by atoms with van der Waals surface area (Å²) in [7, 11) is 0. The van der Waals surface area contributed by atoms with Crippen molar-refractivity contribution in [3.05, 3.63) is 33.9 Å². The quantitative estimate of drug-likeness (QED) is 0.567. The molecule has 0 N–H and O–H groups in total. The van der Waals surface area contributed by atoms with Crippen molar-refractivity contribution in [2.45, 2.75) is 13.0 Å². The maximum Gasteiger partial charge on any atom is 0.312 e. The maximum absolute atomic E-state index is 10.7. The van der Waals surface area contributed by atoms with Crippen molar-refractivity contribution in [3.8, 4) is 17.9 Å². The summed E-state index contributed by atoms with van der Waals surface area (Å²) >= 11 is 0. The van der Waals surface area contributed by atoms with Crippen molar-refractivity contribution in [1.82, 2.24) is 0 Å². The molecule has 1 rings (SSSR count). The molecule has 0 radical (unpaired) electrons. The van der Waals surface area contributed by atoms with Gasteiger partial charge in [-0.3, -0.25) is 10.1 Å². The molecule has 16 heavy (non-hydrogen) atoms. The molecular weight excluding hydrogens is 210 g/mol. The highest BCUT2D eigenvalue weighted by Crippen LogP contribution is 2.28. The zero-order valence-corrected chi connectivity index (χ0v) is 8.38. The molecule has 0 heterocycles. The van der Waals surface area contributed by atoms with Gasteiger partial charge < -0.3 is 4.74 Å². The molecule has 6 nitrogen and oxygen atoms in total. The van der Waals surface area contributed by atoms with Crippen LogP contribution in [0.15, 0.2) is 18.2 Å². The van der Waals surface area contributed by atoms with Crippen molar-refractivity contribution in [2.24, 2.45) is 0 Å². The number of rotatable bonds is 3. The average Bonchev–Trinajstić information content (AvgIpc) is 2.29. The summed E-state index contributed by atoms with van der Waals surface area (Å²) in [6.07, 6.45) is -0.786. The molecule has 0 amide bonds. The minimum absolute atomic E-state index is 0.0157. The van der Waals surface area contributed by atoms with E-state index in [1.165, 1.54) is 19.1 Å². The van der Waals surface area contributed by atoms with Gasteiger partial charge in [0.05, 0.1) is 16.6 Å². The molecule has 6 heteroatoms. The summed E-state index contributed by atoms with van der Waals surface area (Å²) in [4.78, 5) is 10.0. The molecule has 0 bridgehead atoms. The van der Waals surface area contributed by atoms with Crippen LogP contribution in [0.4, 0.5) is 5.69 Å². The molecule has 1 aromatic rings. The summed E-state index contributed by atoms with van der Waals surface area (Å²) in [5, 5.41) is 27.8. The Kier molecular flexibility index (Phi) is 3.41.